The van der Waals surface area contributed by atoms with E-state index < -0.39 is 24.3 Å². The number of alkyl halides is 1. The second kappa shape index (κ2) is 11.2. The highest BCUT2D eigenvalue weighted by Gasteiger charge is 2.34. The highest BCUT2D eigenvalue weighted by molar-refractivity contribution is 5.80. The van der Waals surface area contributed by atoms with E-state index in [9.17, 15) is 19.6 Å². The maximum atomic E-state index is 14.8. The number of benzene rings is 2. The Labute approximate surface area is 223 Å². The number of imidazole rings is 1. The van der Waals surface area contributed by atoms with Crippen molar-refractivity contribution in [2.45, 2.75) is 31.7 Å². The van der Waals surface area contributed by atoms with E-state index in [0.29, 0.717) is 17.3 Å². The third-order valence-corrected chi connectivity index (χ3v) is 6.29. The Balaban J connectivity index is 1.27. The molecule has 1 fully saturated rings. The fourth-order valence-electron chi connectivity index (χ4n) is 4.26. The molecule has 0 saturated carbocycles. The quantitative estimate of drug-likeness (QED) is 0.370. The number of nitrogens with one attached hydrogen (secondary N) is 1. The van der Waals surface area contributed by atoms with E-state index in [1.165, 1.54) is 18.2 Å². The van der Waals surface area contributed by atoms with E-state index in [1.807, 2.05) is 35.0 Å². The van der Waals surface area contributed by atoms with Crippen molar-refractivity contribution in [1.82, 2.24) is 29.4 Å². The van der Waals surface area contributed by atoms with Crippen molar-refractivity contribution in [1.29, 1.82) is 5.26 Å². The van der Waals surface area contributed by atoms with Crippen LogP contribution >= 0.6 is 0 Å². The minimum absolute atomic E-state index is 0.179. The van der Waals surface area contributed by atoms with Gasteiger partial charge in [-0.3, -0.25) is 4.79 Å². The van der Waals surface area contributed by atoms with Gasteiger partial charge in [-0.05, 0) is 49.4 Å². The molecule has 3 atom stereocenters. The largest absolute Gasteiger partial charge is 0.486 e. The molecule has 1 amide bonds. The van der Waals surface area contributed by atoms with E-state index in [0.717, 1.165) is 11.4 Å². The first-order chi connectivity index (χ1) is 18.9. The van der Waals surface area contributed by atoms with Crippen molar-refractivity contribution in [3.8, 4) is 28.9 Å². The Morgan fingerprint density at radius 2 is 2.08 bits per heavy atom. The van der Waals surface area contributed by atoms with Crippen LogP contribution in [0.15, 0.2) is 67.5 Å². The number of ether oxygens (including phenoxy) is 1. The number of hydrogen-bond acceptors (Lipinski definition) is 9. The average molecular weight is 529 g/mol. The molecule has 2 aromatic carbocycles. The van der Waals surface area contributed by atoms with Gasteiger partial charge >= 0.3 is 0 Å². The number of nitriles is 1. The average Bonchev–Trinajstić information content (AvgIpc) is 3.49. The van der Waals surface area contributed by atoms with Gasteiger partial charge in [0.2, 0.25) is 5.95 Å². The number of aromatic nitrogens is 5. The number of likely N-dealkylation sites (tertiary alicyclic amines) is 1. The van der Waals surface area contributed by atoms with Crippen molar-refractivity contribution in [2.24, 2.45) is 0 Å². The molecule has 2 aromatic heterocycles. The summed E-state index contributed by atoms with van der Waals surface area (Å²) in [6.07, 6.45) is 3.41. The summed E-state index contributed by atoms with van der Waals surface area (Å²) in [6, 6.07) is 14.6. The van der Waals surface area contributed by atoms with E-state index in [1.54, 1.807) is 30.7 Å². The Morgan fingerprint density at radius 3 is 2.77 bits per heavy atom. The van der Waals surface area contributed by atoms with Crippen LogP contribution < -0.4 is 10.1 Å². The van der Waals surface area contributed by atoms with Gasteiger partial charge in [-0.2, -0.15) is 10.2 Å². The van der Waals surface area contributed by atoms with Crippen LogP contribution in [-0.2, 0) is 4.79 Å². The predicted molar refractivity (Wildman–Crippen MR) is 139 cm³/mol. The van der Waals surface area contributed by atoms with Crippen LogP contribution in [0.2, 0.25) is 0 Å². The Kier molecular flexibility index (Phi) is 7.42. The van der Waals surface area contributed by atoms with Gasteiger partial charge in [-0.1, -0.05) is 0 Å². The number of rotatable bonds is 7. The van der Waals surface area contributed by atoms with E-state index in [2.05, 4.69) is 31.3 Å². The van der Waals surface area contributed by atoms with Crippen LogP contribution in [0, 0.1) is 11.3 Å². The van der Waals surface area contributed by atoms with Gasteiger partial charge in [0.25, 0.3) is 5.91 Å². The number of nitrogens with zero attached hydrogens (tertiary/aromatic N) is 7. The molecule has 1 aliphatic rings. The standard InChI is InChI=1S/C27H25FN8O3/c1-17(37)26(38)35-10-8-24(22(28)14-35)39-23-7-2-18(12-19(23)13-29)25-31-15-32-27(34-25)33-20-3-5-21(6-4-20)36-11-9-30-16-36/h2-7,9,11-12,15-17,22,24,37H,8,10,14H2,1H3,(H,31,32,33,34)/t17-,22-,24-/m0/s1. The van der Waals surface area contributed by atoms with E-state index in [4.69, 9.17) is 4.74 Å². The molecule has 12 heteroatoms. The molecular formula is C27H25FN8O3. The maximum absolute atomic E-state index is 14.8. The third kappa shape index (κ3) is 5.83. The number of carbonyl (C=O) groups excluding carboxylic acids is 1. The Hall–Kier alpha value is -4.89. The monoisotopic (exact) mass is 528 g/mol. The predicted octanol–water partition coefficient (Wildman–Crippen LogP) is 3.04. The van der Waals surface area contributed by atoms with Crippen molar-refractivity contribution >= 4 is 17.5 Å². The van der Waals surface area contributed by atoms with Crippen molar-refractivity contribution < 1.29 is 19.0 Å². The van der Waals surface area contributed by atoms with Crippen LogP contribution in [0.25, 0.3) is 17.1 Å². The minimum atomic E-state index is -1.46. The lowest BCUT2D eigenvalue weighted by Gasteiger charge is -2.35. The molecule has 3 heterocycles. The number of piperidine rings is 1. The SMILES string of the molecule is C[C@H](O)C(=O)N1CC[C@H](Oc2ccc(-c3ncnc(Nc4ccc(-n5ccnc5)cc4)n3)cc2C#N)[C@@H](F)C1. The number of hydrogen-bond donors (Lipinski definition) is 2. The fourth-order valence-corrected chi connectivity index (χ4v) is 4.26. The normalized spacial score (nSPS) is 17.7. The van der Waals surface area contributed by atoms with Crippen LogP contribution in [0.4, 0.5) is 16.0 Å². The minimum Gasteiger partial charge on any atom is -0.486 e. The number of anilines is 2. The summed E-state index contributed by atoms with van der Waals surface area (Å²) in [7, 11) is 0. The molecule has 39 heavy (non-hydrogen) atoms. The molecule has 1 aliphatic heterocycles. The summed E-state index contributed by atoms with van der Waals surface area (Å²) in [6.45, 7) is 1.42. The Bertz CT molecular complexity index is 1490. The van der Waals surface area contributed by atoms with Gasteiger partial charge in [0.1, 0.15) is 30.4 Å². The summed E-state index contributed by atoms with van der Waals surface area (Å²) in [5.74, 6) is 0.386. The lowest BCUT2D eigenvalue weighted by atomic mass is 10.0. The fraction of sp³-hybridized carbons (Fsp3) is 0.259. The summed E-state index contributed by atoms with van der Waals surface area (Å²) in [5.41, 5.74) is 2.50. The first-order valence-electron chi connectivity index (χ1n) is 12.3. The molecule has 4 aromatic rings. The first kappa shape index (κ1) is 25.7. The molecule has 11 nitrogen and oxygen atoms in total. The van der Waals surface area contributed by atoms with Crippen LogP contribution in [-0.4, -0.2) is 71.9 Å². The smallest absolute Gasteiger partial charge is 0.251 e. The molecule has 0 bridgehead atoms. The van der Waals surface area contributed by atoms with Gasteiger partial charge in [0.05, 0.1) is 18.4 Å². The third-order valence-electron chi connectivity index (χ3n) is 6.29. The van der Waals surface area contributed by atoms with Gasteiger partial charge in [-0.15, -0.1) is 0 Å². The molecular weight excluding hydrogens is 503 g/mol. The van der Waals surface area contributed by atoms with Crippen molar-refractivity contribution in [3.05, 3.63) is 73.1 Å². The zero-order valence-electron chi connectivity index (χ0n) is 21.0. The zero-order valence-corrected chi connectivity index (χ0v) is 21.0. The number of carbonyl (C=O) groups is 1. The molecule has 2 N–H and O–H groups in total. The van der Waals surface area contributed by atoms with Gasteiger partial charge in [0, 0.05) is 42.3 Å². The highest BCUT2D eigenvalue weighted by atomic mass is 19.1. The molecule has 1 saturated heterocycles. The van der Waals surface area contributed by atoms with Crippen LogP contribution in [0.5, 0.6) is 5.75 Å². The molecule has 0 aliphatic carbocycles. The Morgan fingerprint density at radius 1 is 1.26 bits per heavy atom. The maximum Gasteiger partial charge on any atom is 0.251 e. The second-order valence-corrected chi connectivity index (χ2v) is 9.02. The van der Waals surface area contributed by atoms with Crippen LogP contribution in [0.1, 0.15) is 18.9 Å². The highest BCUT2D eigenvalue weighted by Crippen LogP contribution is 2.28. The molecule has 0 spiro atoms. The summed E-state index contributed by atoms with van der Waals surface area (Å²) < 4.78 is 22.5. The molecule has 0 unspecified atom stereocenters. The molecule has 198 valence electrons. The van der Waals surface area contributed by atoms with Crippen molar-refractivity contribution in [2.75, 3.05) is 18.4 Å². The van der Waals surface area contributed by atoms with E-state index >= 15 is 0 Å². The lowest BCUT2D eigenvalue weighted by molar-refractivity contribution is -0.143. The van der Waals surface area contributed by atoms with Crippen LogP contribution in [0.3, 0.4) is 0 Å². The van der Waals surface area contributed by atoms with Gasteiger partial charge in [0.15, 0.2) is 12.0 Å². The van der Waals surface area contributed by atoms with Crippen molar-refractivity contribution in [3.63, 3.8) is 0 Å². The lowest BCUT2D eigenvalue weighted by Crippen LogP contribution is -2.51. The van der Waals surface area contributed by atoms with Gasteiger partial charge < -0.3 is 24.6 Å². The first-order valence-corrected chi connectivity index (χ1v) is 12.3. The molecule has 0 radical (unpaired) electrons. The zero-order chi connectivity index (χ0) is 27.4. The number of halogens is 1. The number of aliphatic hydroxyl groups excluding tert-OH is 1. The second-order valence-electron chi connectivity index (χ2n) is 9.02. The topological polar surface area (TPSA) is 142 Å². The number of aliphatic hydroxyl groups is 1. The summed E-state index contributed by atoms with van der Waals surface area (Å²) in [4.78, 5) is 30.2. The van der Waals surface area contributed by atoms with Gasteiger partial charge in [-0.25, -0.2) is 19.3 Å². The molecule has 5 rings (SSSR count). The number of amides is 1. The van der Waals surface area contributed by atoms with E-state index in [-0.39, 0.29) is 30.8 Å². The summed E-state index contributed by atoms with van der Waals surface area (Å²) >= 11 is 0. The summed E-state index contributed by atoms with van der Waals surface area (Å²) in [5, 5.41) is 22.3.